The van der Waals surface area contributed by atoms with Crippen LogP contribution in [0.4, 0.5) is 0 Å². The number of amides is 1. The molecule has 0 unspecified atom stereocenters. The first-order valence-electron chi connectivity index (χ1n) is 12.0. The van der Waals surface area contributed by atoms with E-state index in [1.165, 1.54) is 19.3 Å². The second-order valence-electron chi connectivity index (χ2n) is 9.08. The van der Waals surface area contributed by atoms with E-state index in [9.17, 15) is 4.79 Å². The van der Waals surface area contributed by atoms with Crippen LogP contribution < -0.4 is 10.1 Å². The number of likely N-dealkylation sites (tertiary alicyclic amines) is 1. The number of nitrogens with zero attached hydrogens (tertiary/aromatic N) is 3. The van der Waals surface area contributed by atoms with Crippen LogP contribution in [-0.2, 0) is 11.3 Å². The van der Waals surface area contributed by atoms with Crippen LogP contribution in [0.2, 0.25) is 0 Å². The number of hydrogen-bond donors (Lipinski definition) is 1. The summed E-state index contributed by atoms with van der Waals surface area (Å²) in [6.45, 7) is 4.76. The number of benzene rings is 1. The van der Waals surface area contributed by atoms with Gasteiger partial charge in [-0.25, -0.2) is 4.98 Å². The number of rotatable bonds is 7. The largest absolute Gasteiger partial charge is 0.487 e. The van der Waals surface area contributed by atoms with Crippen molar-refractivity contribution in [2.75, 3.05) is 32.8 Å². The van der Waals surface area contributed by atoms with Gasteiger partial charge in [-0.05, 0) is 69.1 Å². The van der Waals surface area contributed by atoms with Crippen LogP contribution in [0.3, 0.4) is 0 Å². The Balaban J connectivity index is 1.21. The number of aromatic nitrogens is 2. The van der Waals surface area contributed by atoms with Gasteiger partial charge in [0.1, 0.15) is 18.0 Å². The first kappa shape index (κ1) is 21.9. The van der Waals surface area contributed by atoms with Gasteiger partial charge in [0.05, 0.1) is 5.69 Å². The number of fused-ring (bicyclic) bond motifs is 1. The van der Waals surface area contributed by atoms with E-state index in [2.05, 4.69) is 15.2 Å². The average molecular weight is 449 g/mol. The summed E-state index contributed by atoms with van der Waals surface area (Å²) >= 11 is 0. The third kappa shape index (κ3) is 5.04. The molecule has 1 aromatic carbocycles. The Labute approximate surface area is 194 Å². The van der Waals surface area contributed by atoms with Crippen LogP contribution in [0.25, 0.3) is 5.65 Å². The molecule has 0 aliphatic carbocycles. The van der Waals surface area contributed by atoms with Crippen molar-refractivity contribution in [1.29, 1.82) is 0 Å². The fourth-order valence-electron chi connectivity index (χ4n) is 5.01. The van der Waals surface area contributed by atoms with Gasteiger partial charge in [0.2, 0.25) is 0 Å². The maximum absolute atomic E-state index is 13.0. The Kier molecular flexibility index (Phi) is 6.60. The molecule has 2 aromatic heterocycles. The first-order chi connectivity index (χ1) is 16.2. The predicted molar refractivity (Wildman–Crippen MR) is 127 cm³/mol. The van der Waals surface area contributed by atoms with Gasteiger partial charge < -0.3 is 19.2 Å². The number of hydrogen-bond acceptors (Lipinski definition) is 5. The van der Waals surface area contributed by atoms with Gasteiger partial charge in [-0.1, -0.05) is 18.6 Å². The summed E-state index contributed by atoms with van der Waals surface area (Å²) in [4.78, 5) is 20.2. The van der Waals surface area contributed by atoms with E-state index in [4.69, 9.17) is 9.47 Å². The molecular weight excluding hydrogens is 416 g/mol. The van der Waals surface area contributed by atoms with E-state index in [1.807, 2.05) is 59.3 Å². The molecule has 2 fully saturated rings. The fourth-order valence-corrected chi connectivity index (χ4v) is 5.01. The summed E-state index contributed by atoms with van der Waals surface area (Å²) in [7, 11) is 0. The molecule has 1 amide bonds. The molecule has 2 aliphatic rings. The zero-order valence-corrected chi connectivity index (χ0v) is 19.0. The highest BCUT2D eigenvalue weighted by Crippen LogP contribution is 2.30. The lowest BCUT2D eigenvalue weighted by molar-refractivity contribution is -0.0349. The zero-order chi connectivity index (χ0) is 22.5. The summed E-state index contributed by atoms with van der Waals surface area (Å²) < 4.78 is 13.6. The molecule has 0 bridgehead atoms. The quantitative estimate of drug-likeness (QED) is 0.597. The molecule has 174 valence electrons. The summed E-state index contributed by atoms with van der Waals surface area (Å²) in [6, 6.07) is 13.3. The fraction of sp³-hybridized carbons (Fsp3) is 0.462. The van der Waals surface area contributed by atoms with E-state index < -0.39 is 0 Å². The van der Waals surface area contributed by atoms with Gasteiger partial charge >= 0.3 is 0 Å². The molecule has 0 saturated carbocycles. The minimum Gasteiger partial charge on any atom is -0.487 e. The van der Waals surface area contributed by atoms with Gasteiger partial charge in [-0.3, -0.25) is 9.69 Å². The summed E-state index contributed by atoms with van der Waals surface area (Å²) in [5.74, 6) is 0.604. The Morgan fingerprint density at radius 2 is 1.94 bits per heavy atom. The Bertz CT molecular complexity index is 1050. The molecule has 2 aliphatic heterocycles. The second kappa shape index (κ2) is 9.93. The van der Waals surface area contributed by atoms with Crippen LogP contribution in [0, 0.1) is 0 Å². The van der Waals surface area contributed by atoms with Gasteiger partial charge in [0.15, 0.2) is 0 Å². The highest BCUT2D eigenvalue weighted by atomic mass is 16.5. The first-order valence-corrected chi connectivity index (χ1v) is 12.0. The molecule has 2 saturated heterocycles. The van der Waals surface area contributed by atoms with Crippen LogP contribution in [-0.4, -0.2) is 58.6 Å². The summed E-state index contributed by atoms with van der Waals surface area (Å²) in [6.07, 6.45) is 9.64. The number of carbonyl (C=O) groups excluding carboxylic acids is 1. The van der Waals surface area contributed by atoms with Crippen LogP contribution in [0.15, 0.2) is 54.9 Å². The van der Waals surface area contributed by atoms with Crippen molar-refractivity contribution >= 4 is 11.6 Å². The van der Waals surface area contributed by atoms with Crippen molar-refractivity contribution in [2.24, 2.45) is 0 Å². The van der Waals surface area contributed by atoms with Crippen LogP contribution >= 0.6 is 0 Å². The van der Waals surface area contributed by atoms with Gasteiger partial charge in [0, 0.05) is 43.3 Å². The van der Waals surface area contributed by atoms with Gasteiger partial charge in [-0.2, -0.15) is 0 Å². The van der Waals surface area contributed by atoms with Gasteiger partial charge in [-0.15, -0.1) is 0 Å². The number of ether oxygens (including phenoxy) is 2. The number of imidazole rings is 1. The molecule has 7 nitrogen and oxygen atoms in total. The molecule has 4 heterocycles. The van der Waals surface area contributed by atoms with Crippen molar-refractivity contribution in [3.05, 3.63) is 66.1 Å². The van der Waals surface area contributed by atoms with Crippen molar-refractivity contribution < 1.29 is 14.3 Å². The Morgan fingerprint density at radius 3 is 2.76 bits per heavy atom. The van der Waals surface area contributed by atoms with Crippen molar-refractivity contribution in [3.63, 3.8) is 0 Å². The smallest absolute Gasteiger partial charge is 0.251 e. The molecule has 7 heteroatoms. The van der Waals surface area contributed by atoms with Crippen LogP contribution in [0.5, 0.6) is 5.75 Å². The highest BCUT2D eigenvalue weighted by molar-refractivity contribution is 5.94. The number of carbonyl (C=O) groups is 1. The highest BCUT2D eigenvalue weighted by Gasteiger charge is 2.39. The summed E-state index contributed by atoms with van der Waals surface area (Å²) in [5, 5.41) is 3.22. The standard InChI is InChI=1S/C26H32N4O3/c31-25(27-20-26(10-15-32-16-11-26)30-13-3-1-4-14-30)21-7-6-8-23(17-21)33-19-22-18-29-12-5-2-9-24(29)28-22/h2,5-9,12,17-18H,1,3-4,10-11,13-16,19-20H2,(H,27,31). The molecule has 5 rings (SSSR count). The number of pyridine rings is 1. The third-order valence-corrected chi connectivity index (χ3v) is 6.93. The van der Waals surface area contributed by atoms with E-state index in [-0.39, 0.29) is 11.4 Å². The molecular formula is C26H32N4O3. The molecule has 0 radical (unpaired) electrons. The van der Waals surface area contributed by atoms with E-state index >= 15 is 0 Å². The number of piperidine rings is 1. The lowest BCUT2D eigenvalue weighted by atomic mass is 9.86. The monoisotopic (exact) mass is 448 g/mol. The number of nitrogens with one attached hydrogen (secondary N) is 1. The molecule has 0 atom stereocenters. The maximum Gasteiger partial charge on any atom is 0.251 e. The molecule has 0 spiro atoms. The minimum atomic E-state index is -0.0592. The normalized spacial score (nSPS) is 18.8. The van der Waals surface area contributed by atoms with Crippen LogP contribution in [0.1, 0.15) is 48.2 Å². The summed E-state index contributed by atoms with van der Waals surface area (Å²) in [5.41, 5.74) is 2.35. The van der Waals surface area contributed by atoms with Crippen molar-refractivity contribution in [1.82, 2.24) is 19.6 Å². The minimum absolute atomic E-state index is 0.00552. The average Bonchev–Trinajstić information content (AvgIpc) is 3.30. The SMILES string of the molecule is O=C(NCC1(N2CCCCC2)CCOCC1)c1cccc(OCc2cn3ccccc3n2)c1. The second-order valence-corrected chi connectivity index (χ2v) is 9.08. The Morgan fingerprint density at radius 1 is 1.09 bits per heavy atom. The zero-order valence-electron chi connectivity index (χ0n) is 19.0. The molecule has 33 heavy (non-hydrogen) atoms. The van der Waals surface area contributed by atoms with E-state index in [0.29, 0.717) is 24.5 Å². The lowest BCUT2D eigenvalue weighted by Crippen LogP contribution is -2.59. The topological polar surface area (TPSA) is 68.1 Å². The van der Waals surface area contributed by atoms with Crippen molar-refractivity contribution in [3.8, 4) is 5.75 Å². The van der Waals surface area contributed by atoms with Gasteiger partial charge in [0.25, 0.3) is 5.91 Å². The molecule has 3 aromatic rings. The van der Waals surface area contributed by atoms with Crippen molar-refractivity contribution in [2.45, 2.75) is 44.2 Å². The maximum atomic E-state index is 13.0. The van der Waals surface area contributed by atoms with E-state index in [0.717, 1.165) is 50.5 Å². The Hall–Kier alpha value is -2.90. The third-order valence-electron chi connectivity index (χ3n) is 6.93. The lowest BCUT2D eigenvalue weighted by Gasteiger charge is -2.48. The van der Waals surface area contributed by atoms with E-state index in [1.54, 1.807) is 0 Å². The molecule has 1 N–H and O–H groups in total. The predicted octanol–water partition coefficient (Wildman–Crippen LogP) is 3.68.